The molecule has 2 aromatic rings. The second-order valence-corrected chi connectivity index (χ2v) is 7.84. The van der Waals surface area contributed by atoms with Crippen LogP contribution in [0.3, 0.4) is 0 Å². The zero-order valence-corrected chi connectivity index (χ0v) is 17.4. The molecule has 1 fully saturated rings. The highest BCUT2D eigenvalue weighted by molar-refractivity contribution is 6.32. The molecule has 1 aliphatic heterocycles. The monoisotopic (exact) mass is 413 g/mol. The van der Waals surface area contributed by atoms with E-state index in [1.807, 2.05) is 11.0 Å². The van der Waals surface area contributed by atoms with Crippen LogP contribution in [0.4, 0.5) is 10.1 Å². The number of benzene rings is 2. The van der Waals surface area contributed by atoms with Gasteiger partial charge in [-0.05, 0) is 37.1 Å². The molecule has 6 heteroatoms. The van der Waals surface area contributed by atoms with Crippen molar-refractivity contribution < 1.29 is 9.18 Å². The Morgan fingerprint density at radius 3 is 2.62 bits per heavy atom. The Morgan fingerprint density at radius 1 is 1.28 bits per heavy atom. The van der Waals surface area contributed by atoms with E-state index in [0.29, 0.717) is 34.8 Å². The predicted octanol–water partition coefficient (Wildman–Crippen LogP) is 5.54. The smallest absolute Gasteiger partial charge is 0.223 e. The highest BCUT2D eigenvalue weighted by Crippen LogP contribution is 2.37. The standard InChI is InChI=1S/C23H25ClFN3O/c1-3-18(4-2)28-14-16(11-22(28)29)23(19-7-5-6-8-21(19)25)27-17-10-9-15(13-26)20(24)12-17/h5-10,12,16,18,23,27H,3-4,11,14H2,1-2H3/t16-,23?/m0/s1. The Morgan fingerprint density at radius 2 is 2.00 bits per heavy atom. The van der Waals surface area contributed by atoms with Crippen molar-refractivity contribution in [3.63, 3.8) is 0 Å². The quantitative estimate of drug-likeness (QED) is 0.648. The number of amides is 1. The third-order valence-corrected chi connectivity index (χ3v) is 6.01. The highest BCUT2D eigenvalue weighted by atomic mass is 35.5. The first-order valence-corrected chi connectivity index (χ1v) is 10.4. The topological polar surface area (TPSA) is 56.1 Å². The van der Waals surface area contributed by atoms with Crippen molar-refractivity contribution in [2.24, 2.45) is 5.92 Å². The van der Waals surface area contributed by atoms with Crippen molar-refractivity contribution in [2.75, 3.05) is 11.9 Å². The van der Waals surface area contributed by atoms with E-state index >= 15 is 0 Å². The number of nitrogens with zero attached hydrogens (tertiary/aromatic N) is 2. The van der Waals surface area contributed by atoms with Crippen molar-refractivity contribution >= 4 is 23.2 Å². The van der Waals surface area contributed by atoms with E-state index in [2.05, 4.69) is 19.2 Å². The number of anilines is 1. The molecular formula is C23H25ClFN3O. The zero-order valence-electron chi connectivity index (χ0n) is 16.7. The van der Waals surface area contributed by atoms with Crippen molar-refractivity contribution in [3.8, 4) is 6.07 Å². The fourth-order valence-corrected chi connectivity index (χ4v) is 4.34. The summed E-state index contributed by atoms with van der Waals surface area (Å²) in [5.74, 6) is -0.266. The maximum Gasteiger partial charge on any atom is 0.223 e. The van der Waals surface area contributed by atoms with Crippen molar-refractivity contribution in [3.05, 3.63) is 64.4 Å². The molecule has 0 saturated carbocycles. The number of hydrogen-bond donors (Lipinski definition) is 1. The highest BCUT2D eigenvalue weighted by Gasteiger charge is 2.38. The van der Waals surface area contributed by atoms with Crippen LogP contribution in [0.1, 0.15) is 50.3 Å². The van der Waals surface area contributed by atoms with Crippen LogP contribution in [-0.2, 0) is 4.79 Å². The molecule has 0 spiro atoms. The number of likely N-dealkylation sites (tertiary alicyclic amines) is 1. The summed E-state index contributed by atoms with van der Waals surface area (Å²) in [6.45, 7) is 4.75. The number of nitrogens with one attached hydrogen (secondary N) is 1. The number of hydrogen-bond acceptors (Lipinski definition) is 3. The molecular weight excluding hydrogens is 389 g/mol. The first-order chi connectivity index (χ1) is 14.0. The molecule has 0 aromatic heterocycles. The van der Waals surface area contributed by atoms with Crippen LogP contribution in [0, 0.1) is 23.1 Å². The van der Waals surface area contributed by atoms with E-state index in [0.717, 1.165) is 12.8 Å². The zero-order chi connectivity index (χ0) is 21.0. The van der Waals surface area contributed by atoms with Crippen LogP contribution >= 0.6 is 11.6 Å². The third kappa shape index (κ3) is 4.54. The van der Waals surface area contributed by atoms with E-state index < -0.39 is 0 Å². The Labute approximate surface area is 176 Å². The SMILES string of the molecule is CCC(CC)N1C[C@@H](C(Nc2ccc(C#N)c(Cl)c2)c2ccccc2F)CC1=O. The minimum absolute atomic E-state index is 0.0746. The first kappa shape index (κ1) is 21.1. The average molecular weight is 414 g/mol. The van der Waals surface area contributed by atoms with Gasteiger partial charge in [-0.15, -0.1) is 0 Å². The molecule has 2 atom stereocenters. The van der Waals surface area contributed by atoms with Gasteiger partial charge in [0, 0.05) is 36.2 Å². The molecule has 0 bridgehead atoms. The van der Waals surface area contributed by atoms with Gasteiger partial charge >= 0.3 is 0 Å². The molecule has 1 heterocycles. The Balaban J connectivity index is 1.93. The van der Waals surface area contributed by atoms with Crippen LogP contribution in [0.25, 0.3) is 0 Å². The summed E-state index contributed by atoms with van der Waals surface area (Å²) in [5.41, 5.74) is 1.60. The summed E-state index contributed by atoms with van der Waals surface area (Å²) in [7, 11) is 0. The molecule has 1 N–H and O–H groups in total. The molecule has 1 unspecified atom stereocenters. The lowest BCUT2D eigenvalue weighted by atomic mass is 9.91. The molecule has 1 saturated heterocycles. The van der Waals surface area contributed by atoms with Gasteiger partial charge in [0.15, 0.2) is 0 Å². The lowest BCUT2D eigenvalue weighted by Gasteiger charge is -2.29. The van der Waals surface area contributed by atoms with Crippen LogP contribution in [0.5, 0.6) is 0 Å². The van der Waals surface area contributed by atoms with E-state index in [9.17, 15) is 9.18 Å². The number of halogens is 2. The van der Waals surface area contributed by atoms with Crippen LogP contribution in [-0.4, -0.2) is 23.4 Å². The molecule has 2 aromatic carbocycles. The summed E-state index contributed by atoms with van der Waals surface area (Å²) in [5, 5.41) is 12.8. The van der Waals surface area contributed by atoms with Gasteiger partial charge in [-0.3, -0.25) is 4.79 Å². The van der Waals surface area contributed by atoms with Crippen LogP contribution < -0.4 is 5.32 Å². The van der Waals surface area contributed by atoms with Crippen LogP contribution in [0.15, 0.2) is 42.5 Å². The maximum atomic E-state index is 14.7. The molecule has 29 heavy (non-hydrogen) atoms. The summed E-state index contributed by atoms with van der Waals surface area (Å²) in [6, 6.07) is 13.6. The fraction of sp³-hybridized carbons (Fsp3) is 0.391. The number of carbonyl (C=O) groups is 1. The summed E-state index contributed by atoms with van der Waals surface area (Å²) in [6.07, 6.45) is 2.17. The van der Waals surface area contributed by atoms with Gasteiger partial charge in [-0.1, -0.05) is 43.6 Å². The van der Waals surface area contributed by atoms with E-state index in [4.69, 9.17) is 16.9 Å². The van der Waals surface area contributed by atoms with Gasteiger partial charge in [0.2, 0.25) is 5.91 Å². The molecule has 0 radical (unpaired) electrons. The minimum Gasteiger partial charge on any atom is -0.378 e. The average Bonchev–Trinajstić information content (AvgIpc) is 3.09. The second-order valence-electron chi connectivity index (χ2n) is 7.43. The van der Waals surface area contributed by atoms with Gasteiger partial charge in [0.25, 0.3) is 0 Å². The van der Waals surface area contributed by atoms with E-state index in [-0.39, 0.29) is 29.7 Å². The number of rotatable bonds is 7. The first-order valence-electron chi connectivity index (χ1n) is 9.98. The molecule has 1 amide bonds. The summed E-state index contributed by atoms with van der Waals surface area (Å²) in [4.78, 5) is 14.6. The molecule has 3 rings (SSSR count). The van der Waals surface area contributed by atoms with Gasteiger partial charge in [-0.25, -0.2) is 4.39 Å². The fourth-order valence-electron chi connectivity index (χ4n) is 4.12. The summed E-state index contributed by atoms with van der Waals surface area (Å²) < 4.78 is 14.7. The van der Waals surface area contributed by atoms with E-state index in [1.54, 1.807) is 36.4 Å². The third-order valence-electron chi connectivity index (χ3n) is 5.70. The largest absolute Gasteiger partial charge is 0.378 e. The second kappa shape index (κ2) is 9.28. The summed E-state index contributed by atoms with van der Waals surface area (Å²) >= 11 is 6.18. The Hall–Kier alpha value is -2.58. The Kier molecular flexibility index (Phi) is 6.76. The van der Waals surface area contributed by atoms with Gasteiger partial charge in [0.05, 0.1) is 16.6 Å². The normalized spacial score (nSPS) is 17.4. The molecule has 1 aliphatic rings. The minimum atomic E-state index is -0.386. The van der Waals surface area contributed by atoms with E-state index in [1.165, 1.54) is 6.07 Å². The van der Waals surface area contributed by atoms with Gasteiger partial charge < -0.3 is 10.2 Å². The molecule has 152 valence electrons. The van der Waals surface area contributed by atoms with Gasteiger partial charge in [-0.2, -0.15) is 5.26 Å². The molecule has 4 nitrogen and oxygen atoms in total. The predicted molar refractivity (Wildman–Crippen MR) is 113 cm³/mol. The van der Waals surface area contributed by atoms with Crippen molar-refractivity contribution in [1.29, 1.82) is 5.26 Å². The van der Waals surface area contributed by atoms with Crippen molar-refractivity contribution in [1.82, 2.24) is 4.90 Å². The van der Waals surface area contributed by atoms with Crippen LogP contribution in [0.2, 0.25) is 5.02 Å². The maximum absolute atomic E-state index is 14.7. The number of carbonyl (C=O) groups excluding carboxylic acids is 1. The lowest BCUT2D eigenvalue weighted by molar-refractivity contribution is -0.129. The van der Waals surface area contributed by atoms with Gasteiger partial charge in [0.1, 0.15) is 11.9 Å². The lowest BCUT2D eigenvalue weighted by Crippen LogP contribution is -2.36. The molecule has 0 aliphatic carbocycles. The van der Waals surface area contributed by atoms with Crippen molar-refractivity contribution in [2.45, 2.75) is 45.2 Å². The Bertz CT molecular complexity index is 923. The number of nitriles is 1.